The van der Waals surface area contributed by atoms with Gasteiger partial charge in [-0.05, 0) is 36.4 Å². The number of benzene rings is 1. The van der Waals surface area contributed by atoms with Gasteiger partial charge in [0.05, 0.1) is 0 Å². The Kier molecular flexibility index (Phi) is 5.24. The number of halogens is 1. The Labute approximate surface area is 148 Å². The van der Waals surface area contributed by atoms with E-state index in [2.05, 4.69) is 84.1 Å². The third-order valence-corrected chi connectivity index (χ3v) is 3.77. The van der Waals surface area contributed by atoms with E-state index in [9.17, 15) is 0 Å². The Morgan fingerprint density at radius 3 is 2.55 bits per heavy atom. The van der Waals surface area contributed by atoms with Crippen LogP contribution in [0, 0.1) is 0 Å². The Hall–Kier alpha value is -1.82. The van der Waals surface area contributed by atoms with Crippen molar-refractivity contribution in [3.63, 3.8) is 0 Å². The molecule has 0 amide bonds. The summed E-state index contributed by atoms with van der Waals surface area (Å²) in [6.45, 7) is 0. The lowest BCUT2D eigenvalue weighted by Crippen LogP contribution is -3.00. The van der Waals surface area contributed by atoms with Gasteiger partial charge in [-0.15, -0.1) is 0 Å². The first kappa shape index (κ1) is 16.5. The van der Waals surface area contributed by atoms with Crippen LogP contribution in [0.4, 0.5) is 5.69 Å². The van der Waals surface area contributed by atoms with Gasteiger partial charge >= 0.3 is 0 Å². The van der Waals surface area contributed by atoms with Gasteiger partial charge in [0.15, 0.2) is 0 Å². The number of nitrogens with zero attached hydrogens (tertiary/aromatic N) is 2. The highest BCUT2D eigenvalue weighted by Gasteiger charge is 2.10. The minimum absolute atomic E-state index is 0. The first-order valence-electron chi connectivity index (χ1n) is 7.07. The Morgan fingerprint density at radius 2 is 1.86 bits per heavy atom. The lowest BCUT2D eigenvalue weighted by Gasteiger charge is -2.12. The number of anilines is 1. The molecule has 1 aromatic carbocycles. The molecule has 2 aromatic heterocycles. The summed E-state index contributed by atoms with van der Waals surface area (Å²) >= 11 is 0. The summed E-state index contributed by atoms with van der Waals surface area (Å²) < 4.78 is 2.22. The molecule has 3 aromatic rings. The average Bonchev–Trinajstić information content (AvgIpc) is 2.99. The molecule has 22 heavy (non-hydrogen) atoms. The van der Waals surface area contributed by atoms with Gasteiger partial charge in [0, 0.05) is 55.3 Å². The number of nitrogens with one attached hydrogen (secondary N) is 1. The predicted octanol–water partition coefficient (Wildman–Crippen LogP) is 0.233. The Bertz CT molecular complexity index is 789. The highest BCUT2D eigenvalue weighted by atomic mass is 127. The molecular weight excluding hydrogens is 385 g/mol. The first-order valence-corrected chi connectivity index (χ1v) is 7.07. The second-order valence-corrected chi connectivity index (χ2v) is 5.41. The van der Waals surface area contributed by atoms with Crippen LogP contribution in [-0.4, -0.2) is 19.1 Å². The van der Waals surface area contributed by atoms with Gasteiger partial charge in [-0.25, -0.2) is 0 Å². The zero-order chi connectivity index (χ0) is 14.8. The van der Waals surface area contributed by atoms with E-state index in [1.807, 2.05) is 12.3 Å². The highest BCUT2D eigenvalue weighted by Crippen LogP contribution is 2.19. The zero-order valence-electron chi connectivity index (χ0n) is 13.0. The minimum atomic E-state index is 0. The first-order chi connectivity index (χ1) is 10.1. The normalized spacial score (nSPS) is 10.9. The maximum atomic E-state index is 3.18. The maximum absolute atomic E-state index is 3.18. The molecule has 3 rings (SSSR count). The fourth-order valence-electron chi connectivity index (χ4n) is 2.48. The van der Waals surface area contributed by atoms with E-state index < -0.39 is 0 Å². The third-order valence-electron chi connectivity index (χ3n) is 3.77. The standard InChI is InChI=1S/C18H19N3.HI/c1-20(2)17-10-11-18-14(13-17)6-8-16(21(18)3)9-7-15-5-4-12-19-15;/h4-13H,1-3H3;1H. The molecule has 0 saturated heterocycles. The van der Waals surface area contributed by atoms with Gasteiger partial charge in [-0.2, -0.15) is 4.57 Å². The van der Waals surface area contributed by atoms with Crippen molar-refractivity contribution in [3.8, 4) is 0 Å². The number of H-pyrrole nitrogens is 1. The molecule has 0 unspecified atom stereocenters. The van der Waals surface area contributed by atoms with Crippen molar-refractivity contribution in [1.82, 2.24) is 4.98 Å². The SMILES string of the molecule is CN(C)c1ccc2c(ccc(/C=C/c3ccc[nH]3)[n+]2C)c1.[I-]. The molecule has 0 aliphatic rings. The topological polar surface area (TPSA) is 22.9 Å². The van der Waals surface area contributed by atoms with Crippen molar-refractivity contribution < 1.29 is 28.5 Å². The van der Waals surface area contributed by atoms with Crippen molar-refractivity contribution in [2.24, 2.45) is 7.05 Å². The summed E-state index contributed by atoms with van der Waals surface area (Å²) in [5.74, 6) is 0. The van der Waals surface area contributed by atoms with Crippen LogP contribution in [0.3, 0.4) is 0 Å². The number of pyridine rings is 1. The minimum Gasteiger partial charge on any atom is -1.00 e. The number of aryl methyl sites for hydroxylation is 1. The Morgan fingerprint density at radius 1 is 1.05 bits per heavy atom. The number of fused-ring (bicyclic) bond motifs is 1. The van der Waals surface area contributed by atoms with Crippen LogP contribution in [-0.2, 0) is 7.05 Å². The molecule has 3 nitrogen and oxygen atoms in total. The van der Waals surface area contributed by atoms with E-state index in [0.717, 1.165) is 5.69 Å². The fourth-order valence-corrected chi connectivity index (χ4v) is 2.48. The molecular formula is C18H20IN3. The molecule has 0 aliphatic heterocycles. The van der Waals surface area contributed by atoms with Crippen LogP contribution >= 0.6 is 0 Å². The van der Waals surface area contributed by atoms with Crippen LogP contribution in [0.25, 0.3) is 23.1 Å². The summed E-state index contributed by atoms with van der Waals surface area (Å²) in [5.41, 5.74) is 4.74. The third kappa shape index (κ3) is 3.32. The number of rotatable bonds is 3. The fraction of sp³-hybridized carbons (Fsp3) is 0.167. The van der Waals surface area contributed by atoms with E-state index in [1.54, 1.807) is 0 Å². The smallest absolute Gasteiger partial charge is 0.212 e. The van der Waals surface area contributed by atoms with Crippen LogP contribution < -0.4 is 33.4 Å². The van der Waals surface area contributed by atoms with Crippen LogP contribution in [0.5, 0.6) is 0 Å². The molecule has 2 heterocycles. The van der Waals surface area contributed by atoms with E-state index >= 15 is 0 Å². The van der Waals surface area contributed by atoms with Crippen LogP contribution in [0.1, 0.15) is 11.4 Å². The van der Waals surface area contributed by atoms with Gasteiger partial charge in [0.1, 0.15) is 7.05 Å². The van der Waals surface area contributed by atoms with Gasteiger partial charge in [0.2, 0.25) is 11.2 Å². The summed E-state index contributed by atoms with van der Waals surface area (Å²) in [6, 6.07) is 14.9. The average molecular weight is 405 g/mol. The van der Waals surface area contributed by atoms with Crippen LogP contribution in [0.2, 0.25) is 0 Å². The molecule has 0 saturated carbocycles. The maximum Gasteiger partial charge on any atom is 0.212 e. The largest absolute Gasteiger partial charge is 1.00 e. The number of aromatic nitrogens is 2. The lowest BCUT2D eigenvalue weighted by atomic mass is 10.1. The molecule has 0 atom stereocenters. The van der Waals surface area contributed by atoms with Gasteiger partial charge in [-0.1, -0.05) is 0 Å². The number of hydrogen-bond acceptors (Lipinski definition) is 1. The van der Waals surface area contributed by atoms with E-state index in [0.29, 0.717) is 0 Å². The van der Waals surface area contributed by atoms with E-state index in [-0.39, 0.29) is 24.0 Å². The molecule has 0 fully saturated rings. The molecule has 114 valence electrons. The number of aromatic amines is 1. The van der Waals surface area contributed by atoms with Crippen LogP contribution in [0.15, 0.2) is 48.7 Å². The van der Waals surface area contributed by atoms with Gasteiger partial charge in [0.25, 0.3) is 0 Å². The molecule has 0 spiro atoms. The van der Waals surface area contributed by atoms with Crippen molar-refractivity contribution in [1.29, 1.82) is 0 Å². The Balaban J connectivity index is 0.00000176. The second kappa shape index (κ2) is 6.96. The predicted molar refractivity (Wildman–Crippen MR) is 89.2 cm³/mol. The molecule has 4 heteroatoms. The van der Waals surface area contributed by atoms with Gasteiger partial charge in [-0.3, -0.25) is 0 Å². The summed E-state index contributed by atoms with van der Waals surface area (Å²) in [5, 5.41) is 1.25. The molecule has 1 N–H and O–H groups in total. The highest BCUT2D eigenvalue weighted by molar-refractivity contribution is 5.81. The van der Waals surface area contributed by atoms with Crippen molar-refractivity contribution in [3.05, 3.63) is 60.0 Å². The quantitative estimate of drug-likeness (QED) is 0.490. The van der Waals surface area contributed by atoms with Gasteiger partial charge < -0.3 is 33.9 Å². The van der Waals surface area contributed by atoms with Crippen molar-refractivity contribution >= 4 is 28.7 Å². The van der Waals surface area contributed by atoms with E-state index in [4.69, 9.17) is 0 Å². The van der Waals surface area contributed by atoms with E-state index in [1.165, 1.54) is 22.3 Å². The zero-order valence-corrected chi connectivity index (χ0v) is 15.2. The molecule has 0 aliphatic carbocycles. The lowest BCUT2D eigenvalue weighted by molar-refractivity contribution is -0.646. The second-order valence-electron chi connectivity index (χ2n) is 5.41. The summed E-state index contributed by atoms with van der Waals surface area (Å²) in [7, 11) is 6.23. The number of hydrogen-bond donors (Lipinski definition) is 1. The van der Waals surface area contributed by atoms with Crippen molar-refractivity contribution in [2.45, 2.75) is 0 Å². The summed E-state index contributed by atoms with van der Waals surface area (Å²) in [6.07, 6.45) is 6.16. The van der Waals surface area contributed by atoms with Crippen molar-refractivity contribution in [2.75, 3.05) is 19.0 Å². The summed E-state index contributed by atoms with van der Waals surface area (Å²) in [4.78, 5) is 5.31. The molecule has 0 radical (unpaired) electrons. The monoisotopic (exact) mass is 405 g/mol. The molecule has 0 bridgehead atoms.